The highest BCUT2D eigenvalue weighted by atomic mass is 35.5. The van der Waals surface area contributed by atoms with Gasteiger partial charge in [-0.05, 0) is 24.3 Å². The molecule has 0 saturated heterocycles. The van der Waals surface area contributed by atoms with Crippen LogP contribution in [-0.2, 0) is 10.0 Å². The zero-order chi connectivity index (χ0) is 10.6. The van der Waals surface area contributed by atoms with Crippen molar-refractivity contribution in [2.24, 2.45) is 0 Å². The lowest BCUT2D eigenvalue weighted by atomic mass is 10.4. The zero-order valence-corrected chi connectivity index (χ0v) is 8.85. The summed E-state index contributed by atoms with van der Waals surface area (Å²) in [6.07, 6.45) is 0. The van der Waals surface area contributed by atoms with Crippen LogP contribution in [-0.4, -0.2) is 26.7 Å². The summed E-state index contributed by atoms with van der Waals surface area (Å²) in [4.78, 5) is 0.135. The van der Waals surface area contributed by atoms with Crippen molar-refractivity contribution in [2.45, 2.75) is 4.90 Å². The van der Waals surface area contributed by atoms with Crippen molar-refractivity contribution in [1.29, 1.82) is 0 Å². The minimum absolute atomic E-state index is 0.00492. The fraction of sp³-hybridized carbons (Fsp3) is 0.250. The topological polar surface area (TPSA) is 66.4 Å². The van der Waals surface area contributed by atoms with Crippen molar-refractivity contribution in [2.75, 3.05) is 13.2 Å². The van der Waals surface area contributed by atoms with Crippen molar-refractivity contribution in [1.82, 2.24) is 4.72 Å². The van der Waals surface area contributed by atoms with Gasteiger partial charge in [0.1, 0.15) is 0 Å². The summed E-state index contributed by atoms with van der Waals surface area (Å²) in [6, 6.07) is 5.80. The molecule has 0 bridgehead atoms. The number of aliphatic hydroxyl groups excluding tert-OH is 1. The number of sulfonamides is 1. The van der Waals surface area contributed by atoms with Gasteiger partial charge in [-0.3, -0.25) is 0 Å². The molecule has 0 aliphatic heterocycles. The van der Waals surface area contributed by atoms with Crippen molar-refractivity contribution in [3.05, 3.63) is 29.3 Å². The second kappa shape index (κ2) is 4.75. The van der Waals surface area contributed by atoms with Crippen LogP contribution >= 0.6 is 11.6 Å². The maximum absolute atomic E-state index is 11.4. The molecular formula is C8H10ClNO3S. The average molecular weight is 236 g/mol. The number of rotatable bonds is 4. The minimum Gasteiger partial charge on any atom is -0.395 e. The molecule has 0 aliphatic rings. The van der Waals surface area contributed by atoms with Gasteiger partial charge in [0.25, 0.3) is 0 Å². The van der Waals surface area contributed by atoms with Crippen LogP contribution in [0.2, 0.25) is 5.02 Å². The second-order valence-electron chi connectivity index (χ2n) is 2.58. The van der Waals surface area contributed by atoms with Gasteiger partial charge < -0.3 is 5.11 Å². The quantitative estimate of drug-likeness (QED) is 0.804. The molecule has 78 valence electrons. The van der Waals surface area contributed by atoms with E-state index in [1.807, 2.05) is 0 Å². The van der Waals surface area contributed by atoms with Crippen LogP contribution in [0.1, 0.15) is 0 Å². The van der Waals surface area contributed by atoms with Crippen LogP contribution in [0.5, 0.6) is 0 Å². The van der Waals surface area contributed by atoms with Crippen LogP contribution in [0.25, 0.3) is 0 Å². The molecule has 6 heteroatoms. The highest BCUT2D eigenvalue weighted by Crippen LogP contribution is 2.13. The van der Waals surface area contributed by atoms with Gasteiger partial charge in [-0.1, -0.05) is 11.6 Å². The summed E-state index contributed by atoms with van der Waals surface area (Å²) in [6.45, 7) is -0.224. The van der Waals surface area contributed by atoms with E-state index in [2.05, 4.69) is 4.72 Å². The summed E-state index contributed by atoms with van der Waals surface area (Å²) in [5.74, 6) is 0. The predicted octanol–water partition coefficient (Wildman–Crippen LogP) is 0.611. The maximum Gasteiger partial charge on any atom is 0.240 e. The number of aliphatic hydroxyl groups is 1. The maximum atomic E-state index is 11.4. The molecule has 0 heterocycles. The Balaban J connectivity index is 2.87. The Morgan fingerprint density at radius 1 is 1.29 bits per heavy atom. The molecule has 2 N–H and O–H groups in total. The van der Waals surface area contributed by atoms with E-state index in [9.17, 15) is 8.42 Å². The van der Waals surface area contributed by atoms with E-state index in [-0.39, 0.29) is 18.0 Å². The lowest BCUT2D eigenvalue weighted by Crippen LogP contribution is -2.26. The highest BCUT2D eigenvalue weighted by molar-refractivity contribution is 7.89. The van der Waals surface area contributed by atoms with Gasteiger partial charge in [-0.15, -0.1) is 0 Å². The molecule has 0 aliphatic carbocycles. The fourth-order valence-electron chi connectivity index (χ4n) is 0.877. The first kappa shape index (κ1) is 11.5. The summed E-state index contributed by atoms with van der Waals surface area (Å²) in [5.41, 5.74) is 0. The van der Waals surface area contributed by atoms with Gasteiger partial charge in [0, 0.05) is 11.6 Å². The molecule has 14 heavy (non-hydrogen) atoms. The monoisotopic (exact) mass is 235 g/mol. The second-order valence-corrected chi connectivity index (χ2v) is 4.78. The van der Waals surface area contributed by atoms with Gasteiger partial charge in [-0.25, -0.2) is 13.1 Å². The SMILES string of the molecule is O=S(=O)(NCCO)c1ccc(Cl)cc1. The molecule has 0 aromatic heterocycles. The van der Waals surface area contributed by atoms with Crippen LogP contribution in [0.4, 0.5) is 0 Å². The van der Waals surface area contributed by atoms with Crippen LogP contribution < -0.4 is 4.72 Å². The van der Waals surface area contributed by atoms with Gasteiger partial charge >= 0.3 is 0 Å². The third-order valence-corrected chi connectivity index (χ3v) is 3.26. The molecule has 4 nitrogen and oxygen atoms in total. The Morgan fingerprint density at radius 3 is 2.36 bits per heavy atom. The molecule has 1 aromatic rings. The third kappa shape index (κ3) is 2.95. The predicted molar refractivity (Wildman–Crippen MR) is 53.7 cm³/mol. The van der Waals surface area contributed by atoms with E-state index in [0.29, 0.717) is 5.02 Å². The number of hydrogen-bond donors (Lipinski definition) is 2. The summed E-state index contributed by atoms with van der Waals surface area (Å²) in [5, 5.41) is 8.95. The highest BCUT2D eigenvalue weighted by Gasteiger charge is 2.11. The average Bonchev–Trinajstić information content (AvgIpc) is 2.16. The third-order valence-electron chi connectivity index (χ3n) is 1.53. The first-order valence-electron chi connectivity index (χ1n) is 3.92. The van der Waals surface area contributed by atoms with Gasteiger partial charge in [0.05, 0.1) is 11.5 Å². The number of hydrogen-bond acceptors (Lipinski definition) is 3. The lowest BCUT2D eigenvalue weighted by Gasteiger charge is -2.04. The first-order valence-corrected chi connectivity index (χ1v) is 5.78. The van der Waals surface area contributed by atoms with Crippen LogP contribution in [0, 0.1) is 0 Å². The van der Waals surface area contributed by atoms with Gasteiger partial charge in [0.15, 0.2) is 0 Å². The molecule has 0 spiro atoms. The van der Waals surface area contributed by atoms with E-state index in [1.54, 1.807) is 0 Å². The summed E-state index contributed by atoms with van der Waals surface area (Å²) < 4.78 is 25.1. The molecule has 0 fully saturated rings. The van der Waals surface area contributed by atoms with E-state index >= 15 is 0 Å². The Labute approximate surface area is 87.6 Å². The van der Waals surface area contributed by atoms with Crippen molar-refractivity contribution in [3.63, 3.8) is 0 Å². The molecule has 0 amide bonds. The molecule has 0 atom stereocenters. The molecule has 0 saturated carbocycles. The fourth-order valence-corrected chi connectivity index (χ4v) is 2.02. The van der Waals surface area contributed by atoms with E-state index in [0.717, 1.165) is 0 Å². The molecule has 1 aromatic carbocycles. The van der Waals surface area contributed by atoms with Crippen LogP contribution in [0.15, 0.2) is 29.2 Å². The Kier molecular flexibility index (Phi) is 3.88. The summed E-state index contributed by atoms with van der Waals surface area (Å²) >= 11 is 5.61. The number of halogens is 1. The number of nitrogens with one attached hydrogen (secondary N) is 1. The van der Waals surface area contributed by atoms with Gasteiger partial charge in [0.2, 0.25) is 10.0 Å². The lowest BCUT2D eigenvalue weighted by molar-refractivity contribution is 0.301. The van der Waals surface area contributed by atoms with Crippen molar-refractivity contribution in [3.8, 4) is 0 Å². The Bertz CT molecular complexity index is 388. The molecule has 0 unspecified atom stereocenters. The standard InChI is InChI=1S/C8H10ClNO3S/c9-7-1-3-8(4-2-7)14(12,13)10-5-6-11/h1-4,10-11H,5-6H2. The van der Waals surface area contributed by atoms with Crippen molar-refractivity contribution < 1.29 is 13.5 Å². The Hall–Kier alpha value is -0.620. The molecular weight excluding hydrogens is 226 g/mol. The normalized spacial score (nSPS) is 11.6. The minimum atomic E-state index is -3.51. The smallest absolute Gasteiger partial charge is 0.240 e. The van der Waals surface area contributed by atoms with E-state index in [4.69, 9.17) is 16.7 Å². The van der Waals surface area contributed by atoms with E-state index < -0.39 is 10.0 Å². The molecule has 1 rings (SSSR count). The van der Waals surface area contributed by atoms with Gasteiger partial charge in [-0.2, -0.15) is 0 Å². The van der Waals surface area contributed by atoms with Crippen molar-refractivity contribution >= 4 is 21.6 Å². The van der Waals surface area contributed by atoms with E-state index in [1.165, 1.54) is 24.3 Å². The molecule has 0 radical (unpaired) electrons. The largest absolute Gasteiger partial charge is 0.395 e. The Morgan fingerprint density at radius 2 is 1.86 bits per heavy atom. The first-order chi connectivity index (χ1) is 6.56. The van der Waals surface area contributed by atoms with Crippen LogP contribution in [0.3, 0.4) is 0 Å². The number of benzene rings is 1. The zero-order valence-electron chi connectivity index (χ0n) is 7.27. The summed E-state index contributed by atoms with van der Waals surface area (Å²) in [7, 11) is -3.51.